The van der Waals surface area contributed by atoms with Gasteiger partial charge in [0.15, 0.2) is 5.76 Å². The predicted octanol–water partition coefficient (Wildman–Crippen LogP) is 4.24. The lowest BCUT2D eigenvalue weighted by Crippen LogP contribution is -2.32. The van der Waals surface area contributed by atoms with E-state index < -0.39 is 0 Å². The molecular formula is C22H30N2O3. The van der Waals surface area contributed by atoms with Crippen LogP contribution in [-0.2, 0) is 6.54 Å². The Morgan fingerprint density at radius 3 is 2.85 bits per heavy atom. The second-order valence-electron chi connectivity index (χ2n) is 7.29. The minimum atomic E-state index is -0.187. The maximum absolute atomic E-state index is 11.8. The van der Waals surface area contributed by atoms with E-state index >= 15 is 0 Å². The molecule has 2 aromatic rings. The molecule has 3 rings (SSSR count). The number of carbonyl (C=O) groups excluding carboxylic acids is 1. The van der Waals surface area contributed by atoms with Crippen LogP contribution in [0.4, 0.5) is 0 Å². The molecule has 1 aliphatic rings. The number of benzene rings is 1. The van der Waals surface area contributed by atoms with Crippen molar-refractivity contribution in [3.8, 4) is 5.75 Å². The molecule has 5 nitrogen and oxygen atoms in total. The van der Waals surface area contributed by atoms with Crippen LogP contribution in [0.15, 0.2) is 47.1 Å². The Balaban J connectivity index is 1.38. The highest BCUT2D eigenvalue weighted by Gasteiger charge is 2.18. The van der Waals surface area contributed by atoms with Gasteiger partial charge < -0.3 is 14.5 Å². The first-order valence-electron chi connectivity index (χ1n) is 9.96. The molecule has 27 heavy (non-hydrogen) atoms. The van der Waals surface area contributed by atoms with Crippen molar-refractivity contribution in [2.24, 2.45) is 0 Å². The van der Waals surface area contributed by atoms with E-state index in [9.17, 15) is 4.79 Å². The van der Waals surface area contributed by atoms with Gasteiger partial charge in [-0.15, -0.1) is 0 Å². The molecule has 1 fully saturated rings. The van der Waals surface area contributed by atoms with E-state index in [4.69, 9.17) is 9.15 Å². The zero-order chi connectivity index (χ0) is 18.9. The fraction of sp³-hybridized carbons (Fsp3) is 0.500. The summed E-state index contributed by atoms with van der Waals surface area (Å²) in [6, 6.07) is 12.4. The van der Waals surface area contributed by atoms with E-state index in [-0.39, 0.29) is 5.91 Å². The average molecular weight is 370 g/mol. The number of hydrogen-bond donors (Lipinski definition) is 1. The normalized spacial score (nSPS) is 15.0. The van der Waals surface area contributed by atoms with Crippen molar-refractivity contribution in [2.75, 3.05) is 20.2 Å². The summed E-state index contributed by atoms with van der Waals surface area (Å²) in [5.41, 5.74) is 1.28. The SMILES string of the molecule is CN(Cc1cccc(OCCCNC(=O)c2ccco2)c1)C1CCCCC1. The van der Waals surface area contributed by atoms with E-state index in [1.54, 1.807) is 12.1 Å². The third kappa shape index (κ3) is 6.14. The summed E-state index contributed by atoms with van der Waals surface area (Å²) in [5.74, 6) is 1.04. The van der Waals surface area contributed by atoms with Crippen LogP contribution in [0.1, 0.15) is 54.6 Å². The molecule has 146 valence electrons. The summed E-state index contributed by atoms with van der Waals surface area (Å²) >= 11 is 0. The number of furan rings is 1. The number of nitrogens with one attached hydrogen (secondary N) is 1. The minimum absolute atomic E-state index is 0.187. The second kappa shape index (κ2) is 10.2. The van der Waals surface area contributed by atoms with Gasteiger partial charge in [0.1, 0.15) is 5.75 Å². The first-order valence-corrected chi connectivity index (χ1v) is 9.96. The summed E-state index contributed by atoms with van der Waals surface area (Å²) in [6.45, 7) is 2.09. The molecule has 0 bridgehead atoms. The summed E-state index contributed by atoms with van der Waals surface area (Å²) in [4.78, 5) is 14.2. The van der Waals surface area contributed by atoms with Gasteiger partial charge in [-0.3, -0.25) is 9.69 Å². The Labute approximate surface area is 161 Å². The van der Waals surface area contributed by atoms with Crippen LogP contribution >= 0.6 is 0 Å². The molecule has 5 heteroatoms. The maximum Gasteiger partial charge on any atom is 0.286 e. The minimum Gasteiger partial charge on any atom is -0.494 e. The van der Waals surface area contributed by atoms with Gasteiger partial charge in [0.2, 0.25) is 0 Å². The average Bonchev–Trinajstić information content (AvgIpc) is 3.23. The Kier molecular flexibility index (Phi) is 7.34. The number of carbonyl (C=O) groups is 1. The molecule has 1 aromatic carbocycles. The molecule has 0 unspecified atom stereocenters. The smallest absolute Gasteiger partial charge is 0.286 e. The number of ether oxygens (including phenoxy) is 1. The van der Waals surface area contributed by atoms with Crippen LogP contribution in [0, 0.1) is 0 Å². The number of nitrogens with zero attached hydrogens (tertiary/aromatic N) is 1. The molecule has 1 N–H and O–H groups in total. The van der Waals surface area contributed by atoms with Gasteiger partial charge in [-0.05, 0) is 56.1 Å². The molecular weight excluding hydrogens is 340 g/mol. The Morgan fingerprint density at radius 1 is 1.22 bits per heavy atom. The molecule has 1 heterocycles. The molecule has 1 aliphatic carbocycles. The highest BCUT2D eigenvalue weighted by Crippen LogP contribution is 2.23. The number of hydrogen-bond acceptors (Lipinski definition) is 4. The van der Waals surface area contributed by atoms with Crippen molar-refractivity contribution in [2.45, 2.75) is 51.1 Å². The third-order valence-corrected chi connectivity index (χ3v) is 5.15. The predicted molar refractivity (Wildman–Crippen MR) is 106 cm³/mol. The molecule has 1 saturated carbocycles. The first-order chi connectivity index (χ1) is 13.2. The van der Waals surface area contributed by atoms with Crippen molar-refractivity contribution >= 4 is 5.91 Å². The zero-order valence-electron chi connectivity index (χ0n) is 16.2. The lowest BCUT2D eigenvalue weighted by atomic mass is 9.94. The largest absolute Gasteiger partial charge is 0.494 e. The molecule has 0 aliphatic heterocycles. The summed E-state index contributed by atoms with van der Waals surface area (Å²) in [6.07, 6.45) is 8.97. The molecule has 0 saturated heterocycles. The maximum atomic E-state index is 11.8. The van der Waals surface area contributed by atoms with Crippen molar-refractivity contribution in [1.82, 2.24) is 10.2 Å². The Morgan fingerprint density at radius 2 is 2.07 bits per heavy atom. The van der Waals surface area contributed by atoms with E-state index in [0.29, 0.717) is 25.0 Å². The Bertz CT molecular complexity index is 693. The van der Waals surface area contributed by atoms with Gasteiger partial charge in [-0.1, -0.05) is 31.4 Å². The van der Waals surface area contributed by atoms with Crippen molar-refractivity contribution < 1.29 is 13.9 Å². The van der Waals surface area contributed by atoms with Gasteiger partial charge in [0.25, 0.3) is 5.91 Å². The molecule has 1 aromatic heterocycles. The van der Waals surface area contributed by atoms with E-state index in [1.807, 2.05) is 6.07 Å². The summed E-state index contributed by atoms with van der Waals surface area (Å²) in [7, 11) is 2.23. The van der Waals surface area contributed by atoms with Crippen LogP contribution in [0.25, 0.3) is 0 Å². The first kappa shape index (κ1) is 19.5. The van der Waals surface area contributed by atoms with E-state index in [1.165, 1.54) is 43.9 Å². The van der Waals surface area contributed by atoms with E-state index in [2.05, 4.69) is 35.5 Å². The van der Waals surface area contributed by atoms with Crippen LogP contribution in [0.5, 0.6) is 5.75 Å². The van der Waals surface area contributed by atoms with Crippen LogP contribution < -0.4 is 10.1 Å². The van der Waals surface area contributed by atoms with Gasteiger partial charge in [-0.2, -0.15) is 0 Å². The third-order valence-electron chi connectivity index (χ3n) is 5.15. The van der Waals surface area contributed by atoms with Crippen LogP contribution in [0.3, 0.4) is 0 Å². The quantitative estimate of drug-likeness (QED) is 0.671. The highest BCUT2D eigenvalue weighted by atomic mass is 16.5. The molecule has 0 radical (unpaired) electrons. The second-order valence-corrected chi connectivity index (χ2v) is 7.29. The van der Waals surface area contributed by atoms with Gasteiger partial charge in [-0.25, -0.2) is 0 Å². The monoisotopic (exact) mass is 370 g/mol. The topological polar surface area (TPSA) is 54.7 Å². The number of rotatable bonds is 9. The van der Waals surface area contributed by atoms with Crippen molar-refractivity contribution in [3.05, 3.63) is 54.0 Å². The molecule has 1 amide bonds. The van der Waals surface area contributed by atoms with Crippen molar-refractivity contribution in [3.63, 3.8) is 0 Å². The van der Waals surface area contributed by atoms with Crippen LogP contribution in [-0.4, -0.2) is 37.0 Å². The fourth-order valence-electron chi connectivity index (χ4n) is 3.63. The lowest BCUT2D eigenvalue weighted by Gasteiger charge is -2.31. The van der Waals surface area contributed by atoms with Gasteiger partial charge in [0.05, 0.1) is 12.9 Å². The fourth-order valence-corrected chi connectivity index (χ4v) is 3.63. The lowest BCUT2D eigenvalue weighted by molar-refractivity contribution is 0.0924. The zero-order valence-corrected chi connectivity index (χ0v) is 16.2. The standard InChI is InChI=1S/C22H30N2O3/c1-24(19-9-3-2-4-10-19)17-18-8-5-11-20(16-18)26-15-7-13-23-22(25)21-12-6-14-27-21/h5-6,8,11-12,14,16,19H,2-4,7,9-10,13,15,17H2,1H3,(H,23,25). The molecule has 0 spiro atoms. The molecule has 0 atom stereocenters. The van der Waals surface area contributed by atoms with E-state index in [0.717, 1.165) is 18.7 Å². The van der Waals surface area contributed by atoms with Gasteiger partial charge >= 0.3 is 0 Å². The van der Waals surface area contributed by atoms with Crippen LogP contribution in [0.2, 0.25) is 0 Å². The van der Waals surface area contributed by atoms with Gasteiger partial charge in [0, 0.05) is 19.1 Å². The Hall–Kier alpha value is -2.27. The highest BCUT2D eigenvalue weighted by molar-refractivity contribution is 5.91. The van der Waals surface area contributed by atoms with Crippen molar-refractivity contribution in [1.29, 1.82) is 0 Å². The number of amides is 1. The summed E-state index contributed by atoms with van der Waals surface area (Å²) < 4.78 is 10.9. The summed E-state index contributed by atoms with van der Waals surface area (Å²) in [5, 5.41) is 2.83.